The molecule has 1 aliphatic rings. The minimum absolute atomic E-state index is 0.155. The molecule has 76 valence electrons. The standard InChI is InChI=1S/C9H18N2O2/c1-7(12)4-5-10-6-8-2-3-9(13)11-8/h7-8,10,12H,2-6H2,1H3,(H,11,13). The van der Waals surface area contributed by atoms with Gasteiger partial charge in [-0.2, -0.15) is 0 Å². The van der Waals surface area contributed by atoms with Crippen molar-refractivity contribution in [3.05, 3.63) is 0 Å². The van der Waals surface area contributed by atoms with Crippen molar-refractivity contribution >= 4 is 5.91 Å². The molecule has 0 spiro atoms. The van der Waals surface area contributed by atoms with Gasteiger partial charge in [0.2, 0.25) is 5.91 Å². The zero-order valence-corrected chi connectivity index (χ0v) is 8.05. The summed E-state index contributed by atoms with van der Waals surface area (Å²) in [4.78, 5) is 10.8. The smallest absolute Gasteiger partial charge is 0.220 e. The van der Waals surface area contributed by atoms with Crippen LogP contribution in [0.25, 0.3) is 0 Å². The summed E-state index contributed by atoms with van der Waals surface area (Å²) in [5, 5.41) is 15.1. The van der Waals surface area contributed by atoms with E-state index in [0.29, 0.717) is 12.5 Å². The number of aliphatic hydroxyl groups excluding tert-OH is 1. The summed E-state index contributed by atoms with van der Waals surface area (Å²) < 4.78 is 0. The van der Waals surface area contributed by atoms with Gasteiger partial charge in [-0.05, 0) is 26.3 Å². The van der Waals surface area contributed by atoms with Crippen molar-refractivity contribution in [2.45, 2.75) is 38.3 Å². The molecule has 13 heavy (non-hydrogen) atoms. The van der Waals surface area contributed by atoms with Gasteiger partial charge in [-0.1, -0.05) is 0 Å². The van der Waals surface area contributed by atoms with Gasteiger partial charge in [0.1, 0.15) is 0 Å². The lowest BCUT2D eigenvalue weighted by atomic mass is 10.2. The SMILES string of the molecule is CC(O)CCNCC1CCC(=O)N1. The van der Waals surface area contributed by atoms with Crippen molar-refractivity contribution in [1.82, 2.24) is 10.6 Å². The Morgan fingerprint density at radius 1 is 1.77 bits per heavy atom. The zero-order valence-electron chi connectivity index (χ0n) is 8.05. The summed E-state index contributed by atoms with van der Waals surface area (Å²) in [7, 11) is 0. The molecular weight excluding hydrogens is 168 g/mol. The number of hydrogen-bond donors (Lipinski definition) is 3. The average Bonchev–Trinajstić information content (AvgIpc) is 2.45. The van der Waals surface area contributed by atoms with Crippen LogP contribution in [0.1, 0.15) is 26.2 Å². The molecule has 1 fully saturated rings. The Bertz CT molecular complexity index is 171. The number of hydrogen-bond acceptors (Lipinski definition) is 3. The van der Waals surface area contributed by atoms with Gasteiger partial charge >= 0.3 is 0 Å². The van der Waals surface area contributed by atoms with Gasteiger partial charge in [-0.25, -0.2) is 0 Å². The highest BCUT2D eigenvalue weighted by Gasteiger charge is 2.19. The van der Waals surface area contributed by atoms with Crippen LogP contribution in [-0.4, -0.2) is 36.2 Å². The predicted octanol–water partition coefficient (Wildman–Crippen LogP) is -0.374. The van der Waals surface area contributed by atoms with Crippen LogP contribution in [0.5, 0.6) is 0 Å². The van der Waals surface area contributed by atoms with E-state index in [1.807, 2.05) is 0 Å². The highest BCUT2D eigenvalue weighted by molar-refractivity contribution is 5.78. The van der Waals surface area contributed by atoms with Crippen molar-refractivity contribution in [3.63, 3.8) is 0 Å². The fraction of sp³-hybridized carbons (Fsp3) is 0.889. The van der Waals surface area contributed by atoms with Crippen LogP contribution in [-0.2, 0) is 4.79 Å². The van der Waals surface area contributed by atoms with E-state index in [0.717, 1.165) is 25.9 Å². The van der Waals surface area contributed by atoms with Gasteiger partial charge in [0.05, 0.1) is 6.10 Å². The lowest BCUT2D eigenvalue weighted by Gasteiger charge is -2.11. The molecule has 1 amide bonds. The molecule has 4 heteroatoms. The molecule has 0 aromatic carbocycles. The van der Waals surface area contributed by atoms with E-state index in [4.69, 9.17) is 5.11 Å². The third kappa shape index (κ3) is 4.24. The van der Waals surface area contributed by atoms with E-state index < -0.39 is 0 Å². The van der Waals surface area contributed by atoms with Crippen LogP contribution in [0.15, 0.2) is 0 Å². The Morgan fingerprint density at radius 3 is 3.08 bits per heavy atom. The van der Waals surface area contributed by atoms with Crippen molar-refractivity contribution in [3.8, 4) is 0 Å². The number of amides is 1. The molecule has 1 heterocycles. The molecule has 0 bridgehead atoms. The Labute approximate surface area is 78.7 Å². The molecule has 2 atom stereocenters. The highest BCUT2D eigenvalue weighted by atomic mass is 16.3. The third-order valence-corrected chi connectivity index (χ3v) is 2.21. The van der Waals surface area contributed by atoms with Gasteiger partial charge in [0.25, 0.3) is 0 Å². The van der Waals surface area contributed by atoms with E-state index in [2.05, 4.69) is 10.6 Å². The van der Waals surface area contributed by atoms with Gasteiger partial charge in [-0.15, -0.1) is 0 Å². The van der Waals surface area contributed by atoms with E-state index in [-0.39, 0.29) is 12.0 Å². The molecule has 0 aromatic rings. The summed E-state index contributed by atoms with van der Waals surface area (Å²) in [6, 6.07) is 0.293. The molecular formula is C9H18N2O2. The maximum atomic E-state index is 10.8. The van der Waals surface area contributed by atoms with E-state index in [1.54, 1.807) is 6.92 Å². The summed E-state index contributed by atoms with van der Waals surface area (Å²) in [6.45, 7) is 3.40. The first-order valence-electron chi connectivity index (χ1n) is 4.86. The molecule has 0 saturated carbocycles. The van der Waals surface area contributed by atoms with Crippen LogP contribution in [0, 0.1) is 0 Å². The molecule has 1 rings (SSSR count). The summed E-state index contributed by atoms with van der Waals surface area (Å²) in [6.07, 6.45) is 2.11. The first-order chi connectivity index (χ1) is 6.18. The minimum Gasteiger partial charge on any atom is -0.393 e. The third-order valence-electron chi connectivity index (χ3n) is 2.21. The lowest BCUT2D eigenvalue weighted by molar-refractivity contribution is -0.119. The Kier molecular flexibility index (Phi) is 4.18. The quantitative estimate of drug-likeness (QED) is 0.513. The summed E-state index contributed by atoms with van der Waals surface area (Å²) in [5.41, 5.74) is 0. The van der Waals surface area contributed by atoms with Crippen LogP contribution in [0.3, 0.4) is 0 Å². The minimum atomic E-state index is -0.245. The van der Waals surface area contributed by atoms with Crippen molar-refractivity contribution in [1.29, 1.82) is 0 Å². The Balaban J connectivity index is 1.97. The van der Waals surface area contributed by atoms with Gasteiger partial charge < -0.3 is 15.7 Å². The predicted molar refractivity (Wildman–Crippen MR) is 50.3 cm³/mol. The van der Waals surface area contributed by atoms with Crippen molar-refractivity contribution in [2.24, 2.45) is 0 Å². The molecule has 0 radical (unpaired) electrons. The van der Waals surface area contributed by atoms with Crippen molar-refractivity contribution < 1.29 is 9.90 Å². The van der Waals surface area contributed by atoms with Gasteiger partial charge in [0.15, 0.2) is 0 Å². The highest BCUT2D eigenvalue weighted by Crippen LogP contribution is 2.04. The maximum Gasteiger partial charge on any atom is 0.220 e. The van der Waals surface area contributed by atoms with Gasteiger partial charge in [0, 0.05) is 19.0 Å². The summed E-state index contributed by atoms with van der Waals surface area (Å²) in [5.74, 6) is 0.155. The van der Waals surface area contributed by atoms with Gasteiger partial charge in [-0.3, -0.25) is 4.79 Å². The normalized spacial score (nSPS) is 24.5. The lowest BCUT2D eigenvalue weighted by Crippen LogP contribution is -2.36. The molecule has 3 N–H and O–H groups in total. The molecule has 1 saturated heterocycles. The molecule has 0 aromatic heterocycles. The average molecular weight is 186 g/mol. The largest absolute Gasteiger partial charge is 0.393 e. The van der Waals surface area contributed by atoms with E-state index in [1.165, 1.54) is 0 Å². The zero-order chi connectivity index (χ0) is 9.68. The number of carbonyl (C=O) groups is 1. The monoisotopic (exact) mass is 186 g/mol. The number of nitrogens with one attached hydrogen (secondary N) is 2. The fourth-order valence-corrected chi connectivity index (χ4v) is 1.42. The summed E-state index contributed by atoms with van der Waals surface area (Å²) >= 11 is 0. The van der Waals surface area contributed by atoms with Crippen LogP contribution < -0.4 is 10.6 Å². The molecule has 1 aliphatic heterocycles. The second-order valence-electron chi connectivity index (χ2n) is 3.64. The first-order valence-corrected chi connectivity index (χ1v) is 4.86. The first kappa shape index (κ1) is 10.5. The Hall–Kier alpha value is -0.610. The van der Waals surface area contributed by atoms with E-state index in [9.17, 15) is 4.79 Å². The topological polar surface area (TPSA) is 61.4 Å². The second-order valence-corrected chi connectivity index (χ2v) is 3.64. The van der Waals surface area contributed by atoms with Crippen LogP contribution >= 0.6 is 0 Å². The Morgan fingerprint density at radius 2 is 2.54 bits per heavy atom. The fourth-order valence-electron chi connectivity index (χ4n) is 1.42. The molecule has 2 unspecified atom stereocenters. The maximum absolute atomic E-state index is 10.8. The van der Waals surface area contributed by atoms with Crippen LogP contribution in [0.4, 0.5) is 0 Å². The van der Waals surface area contributed by atoms with Crippen molar-refractivity contribution in [2.75, 3.05) is 13.1 Å². The number of rotatable bonds is 5. The number of aliphatic hydroxyl groups is 1. The van der Waals surface area contributed by atoms with E-state index >= 15 is 0 Å². The molecule has 0 aliphatic carbocycles. The molecule has 4 nitrogen and oxygen atoms in total. The number of carbonyl (C=O) groups excluding carboxylic acids is 1. The second kappa shape index (κ2) is 5.19. The van der Waals surface area contributed by atoms with Crippen LogP contribution in [0.2, 0.25) is 0 Å².